The number of thioether (sulfide) groups is 1. The molecule has 2 N–H and O–H groups in total. The van der Waals surface area contributed by atoms with Gasteiger partial charge in [0.2, 0.25) is 0 Å². The summed E-state index contributed by atoms with van der Waals surface area (Å²) < 4.78 is 0. The average Bonchev–Trinajstić information content (AvgIpc) is 2.29. The fourth-order valence-electron chi connectivity index (χ4n) is 1.87. The van der Waals surface area contributed by atoms with Gasteiger partial charge in [0.15, 0.2) is 0 Å². The number of rotatable bonds is 8. The first-order valence-electron chi connectivity index (χ1n) is 6.40. The van der Waals surface area contributed by atoms with Crippen LogP contribution in [0.3, 0.4) is 0 Å². The Balaban J connectivity index is 2.47. The molecule has 0 aromatic heterocycles. The van der Waals surface area contributed by atoms with Gasteiger partial charge >= 0.3 is 0 Å². The summed E-state index contributed by atoms with van der Waals surface area (Å²) in [6.07, 6.45) is 1.21. The molecule has 0 heterocycles. The zero-order chi connectivity index (χ0) is 12.5. The number of nitrogens with zero attached hydrogens (tertiary/aromatic N) is 1. The van der Waals surface area contributed by atoms with E-state index >= 15 is 0 Å². The van der Waals surface area contributed by atoms with Crippen molar-refractivity contribution in [3.05, 3.63) is 29.8 Å². The number of nitrogen functional groups attached to an aromatic ring is 1. The van der Waals surface area contributed by atoms with E-state index < -0.39 is 0 Å². The Labute approximate surface area is 110 Å². The quantitative estimate of drug-likeness (QED) is 0.569. The van der Waals surface area contributed by atoms with Crippen molar-refractivity contribution >= 4 is 17.4 Å². The third-order valence-corrected chi connectivity index (χ3v) is 3.53. The van der Waals surface area contributed by atoms with Gasteiger partial charge in [0.1, 0.15) is 0 Å². The predicted octanol–water partition coefficient (Wildman–Crippen LogP) is 3.23. The minimum atomic E-state index is 0.863. The third kappa shape index (κ3) is 5.99. The monoisotopic (exact) mass is 252 g/mol. The van der Waals surface area contributed by atoms with Crippen molar-refractivity contribution < 1.29 is 0 Å². The van der Waals surface area contributed by atoms with Gasteiger partial charge in [-0.1, -0.05) is 26.0 Å². The molecule has 0 saturated carbocycles. The molecule has 0 aliphatic carbocycles. The molecule has 0 saturated heterocycles. The Morgan fingerprint density at radius 3 is 2.71 bits per heavy atom. The lowest BCUT2D eigenvalue weighted by molar-refractivity contribution is 0.283. The second-order valence-electron chi connectivity index (χ2n) is 4.22. The molecular formula is C14H24N2S. The van der Waals surface area contributed by atoms with Gasteiger partial charge < -0.3 is 5.73 Å². The maximum Gasteiger partial charge on any atom is 0.0317 e. The summed E-state index contributed by atoms with van der Waals surface area (Å²) >= 11 is 2.01. The fourth-order valence-corrected chi connectivity index (χ4v) is 2.55. The average molecular weight is 252 g/mol. The molecule has 0 spiro atoms. The molecule has 0 bridgehead atoms. The Morgan fingerprint density at radius 1 is 1.24 bits per heavy atom. The first-order valence-corrected chi connectivity index (χ1v) is 7.56. The van der Waals surface area contributed by atoms with E-state index in [-0.39, 0.29) is 0 Å². The molecule has 2 nitrogen and oxygen atoms in total. The predicted molar refractivity (Wildman–Crippen MR) is 79.4 cm³/mol. The number of hydrogen-bond acceptors (Lipinski definition) is 3. The third-order valence-electron chi connectivity index (χ3n) is 2.65. The molecular weight excluding hydrogens is 228 g/mol. The van der Waals surface area contributed by atoms with Crippen molar-refractivity contribution in [2.75, 3.05) is 30.3 Å². The maximum atomic E-state index is 5.81. The largest absolute Gasteiger partial charge is 0.399 e. The fraction of sp³-hybridized carbons (Fsp3) is 0.571. The number of anilines is 1. The Bertz CT molecular complexity index is 315. The number of hydrogen-bond donors (Lipinski definition) is 1. The molecule has 0 fully saturated rings. The number of benzene rings is 1. The van der Waals surface area contributed by atoms with Gasteiger partial charge in [-0.2, -0.15) is 11.8 Å². The Hall–Kier alpha value is -0.670. The topological polar surface area (TPSA) is 29.3 Å². The van der Waals surface area contributed by atoms with Crippen LogP contribution in [-0.4, -0.2) is 29.5 Å². The molecule has 0 aliphatic rings. The summed E-state index contributed by atoms with van der Waals surface area (Å²) in [5.74, 6) is 2.43. The zero-order valence-corrected chi connectivity index (χ0v) is 11.8. The molecule has 1 aromatic rings. The van der Waals surface area contributed by atoms with Crippen LogP contribution in [0.5, 0.6) is 0 Å². The first kappa shape index (κ1) is 14.4. The van der Waals surface area contributed by atoms with Gasteiger partial charge in [0, 0.05) is 24.5 Å². The van der Waals surface area contributed by atoms with Crippen LogP contribution in [-0.2, 0) is 6.54 Å². The van der Waals surface area contributed by atoms with Gasteiger partial charge in [0.25, 0.3) is 0 Å². The van der Waals surface area contributed by atoms with Gasteiger partial charge in [-0.05, 0) is 36.4 Å². The Kier molecular flexibility index (Phi) is 7.13. The number of nitrogens with two attached hydrogens (primary N) is 1. The van der Waals surface area contributed by atoms with Crippen LogP contribution in [0.15, 0.2) is 24.3 Å². The maximum absolute atomic E-state index is 5.81. The summed E-state index contributed by atoms with van der Waals surface area (Å²) in [5, 5.41) is 0. The van der Waals surface area contributed by atoms with E-state index in [2.05, 4.69) is 30.9 Å². The molecule has 0 aliphatic heterocycles. The van der Waals surface area contributed by atoms with Crippen LogP contribution in [0.2, 0.25) is 0 Å². The Morgan fingerprint density at radius 2 is 2.06 bits per heavy atom. The smallest absolute Gasteiger partial charge is 0.0317 e. The van der Waals surface area contributed by atoms with Crippen LogP contribution in [0, 0.1) is 0 Å². The first-order chi connectivity index (χ1) is 8.26. The van der Waals surface area contributed by atoms with Gasteiger partial charge in [-0.25, -0.2) is 0 Å². The van der Waals surface area contributed by atoms with Gasteiger partial charge in [-0.3, -0.25) is 4.90 Å². The minimum absolute atomic E-state index is 0.863. The molecule has 0 unspecified atom stereocenters. The van der Waals surface area contributed by atoms with E-state index in [0.717, 1.165) is 12.2 Å². The van der Waals surface area contributed by atoms with Crippen LogP contribution >= 0.6 is 11.8 Å². The lowest BCUT2D eigenvalue weighted by atomic mass is 10.2. The zero-order valence-electron chi connectivity index (χ0n) is 11.0. The van der Waals surface area contributed by atoms with Crippen molar-refractivity contribution in [2.24, 2.45) is 0 Å². The standard InChI is InChI=1S/C14H24N2S/c1-3-8-16(9-10-17-4-2)12-13-6-5-7-14(15)11-13/h5-7,11H,3-4,8-10,12,15H2,1-2H3. The molecule has 0 amide bonds. The van der Waals surface area contributed by atoms with Gasteiger partial charge in [0.05, 0.1) is 0 Å². The van der Waals surface area contributed by atoms with E-state index in [1.54, 1.807) is 0 Å². The summed E-state index contributed by atoms with van der Waals surface area (Å²) in [5.41, 5.74) is 7.99. The van der Waals surface area contributed by atoms with E-state index in [0.29, 0.717) is 0 Å². The SMILES string of the molecule is CCCN(CCSCC)Cc1cccc(N)c1. The molecule has 0 atom stereocenters. The summed E-state index contributed by atoms with van der Waals surface area (Å²) in [7, 11) is 0. The van der Waals surface area contributed by atoms with E-state index in [1.807, 2.05) is 23.9 Å². The van der Waals surface area contributed by atoms with Crippen LogP contribution in [0.25, 0.3) is 0 Å². The van der Waals surface area contributed by atoms with Crippen LogP contribution < -0.4 is 5.73 Å². The van der Waals surface area contributed by atoms with Crippen molar-refractivity contribution in [1.29, 1.82) is 0 Å². The molecule has 1 aromatic carbocycles. The lowest BCUT2D eigenvalue weighted by Crippen LogP contribution is -2.26. The van der Waals surface area contributed by atoms with Crippen molar-refractivity contribution in [2.45, 2.75) is 26.8 Å². The van der Waals surface area contributed by atoms with E-state index in [9.17, 15) is 0 Å². The second kappa shape index (κ2) is 8.43. The summed E-state index contributed by atoms with van der Waals surface area (Å²) in [6, 6.07) is 8.22. The minimum Gasteiger partial charge on any atom is -0.399 e. The highest BCUT2D eigenvalue weighted by atomic mass is 32.2. The normalized spacial score (nSPS) is 11.0. The highest BCUT2D eigenvalue weighted by Crippen LogP contribution is 2.11. The summed E-state index contributed by atoms with van der Waals surface area (Å²) in [4.78, 5) is 2.51. The van der Waals surface area contributed by atoms with Crippen LogP contribution in [0.1, 0.15) is 25.8 Å². The summed E-state index contributed by atoms with van der Waals surface area (Å²) in [6.45, 7) is 7.80. The highest BCUT2D eigenvalue weighted by molar-refractivity contribution is 7.99. The molecule has 0 radical (unpaired) electrons. The highest BCUT2D eigenvalue weighted by Gasteiger charge is 2.04. The lowest BCUT2D eigenvalue weighted by Gasteiger charge is -2.21. The molecule has 3 heteroatoms. The molecule has 96 valence electrons. The van der Waals surface area contributed by atoms with Crippen LogP contribution in [0.4, 0.5) is 5.69 Å². The molecule has 1 rings (SSSR count). The van der Waals surface area contributed by atoms with Crippen molar-refractivity contribution in [3.63, 3.8) is 0 Å². The molecule has 17 heavy (non-hydrogen) atoms. The second-order valence-corrected chi connectivity index (χ2v) is 5.61. The van der Waals surface area contributed by atoms with Gasteiger partial charge in [-0.15, -0.1) is 0 Å². The van der Waals surface area contributed by atoms with Crippen molar-refractivity contribution in [1.82, 2.24) is 4.90 Å². The van der Waals surface area contributed by atoms with Crippen molar-refractivity contribution in [3.8, 4) is 0 Å². The van der Waals surface area contributed by atoms with E-state index in [4.69, 9.17) is 5.73 Å². The van der Waals surface area contributed by atoms with E-state index in [1.165, 1.54) is 36.6 Å².